The third-order valence-corrected chi connectivity index (χ3v) is 6.02. The summed E-state index contributed by atoms with van der Waals surface area (Å²) in [6.07, 6.45) is 8.33. The lowest BCUT2D eigenvalue weighted by Crippen LogP contribution is -2.57. The van der Waals surface area contributed by atoms with E-state index in [0.717, 1.165) is 31.2 Å². The second kappa shape index (κ2) is 11.4. The van der Waals surface area contributed by atoms with Gasteiger partial charge in [-0.15, -0.1) is 0 Å². The summed E-state index contributed by atoms with van der Waals surface area (Å²) in [4.78, 5) is 44.5. The van der Waals surface area contributed by atoms with Gasteiger partial charge in [0.05, 0.1) is 20.3 Å². The van der Waals surface area contributed by atoms with Crippen LogP contribution in [-0.4, -0.2) is 66.3 Å². The average Bonchev–Trinajstić information content (AvgIpc) is 3.21. The van der Waals surface area contributed by atoms with Gasteiger partial charge in [-0.1, -0.05) is 32.9 Å². The molecule has 9 heteroatoms. The van der Waals surface area contributed by atoms with Crippen LogP contribution in [0.5, 0.6) is 5.88 Å². The van der Waals surface area contributed by atoms with Gasteiger partial charge in [-0.3, -0.25) is 4.79 Å². The number of carbonyl (C=O) groups excluding carboxylic acids is 3. The van der Waals surface area contributed by atoms with Gasteiger partial charge in [0, 0.05) is 18.2 Å². The van der Waals surface area contributed by atoms with Gasteiger partial charge in [0.15, 0.2) is 0 Å². The number of esters is 1. The smallest absolute Gasteiger partial charge is 0.407 e. The number of cyclic esters (lactones) is 1. The third-order valence-electron chi connectivity index (χ3n) is 6.02. The number of fused-ring (bicyclic) bond motifs is 3. The minimum Gasteiger partial charge on any atom is -0.472 e. The molecule has 9 nitrogen and oxygen atoms in total. The topological polar surface area (TPSA) is 107 Å². The molecule has 1 N–H and O–H groups in total. The van der Waals surface area contributed by atoms with Crippen molar-refractivity contribution in [3.8, 4) is 5.88 Å². The molecule has 0 aliphatic carbocycles. The summed E-state index contributed by atoms with van der Waals surface area (Å²) in [5, 5.41) is 2.72. The number of rotatable bonds is 1. The van der Waals surface area contributed by atoms with Crippen molar-refractivity contribution in [3.63, 3.8) is 0 Å². The van der Waals surface area contributed by atoms with Crippen LogP contribution in [-0.2, 0) is 19.1 Å². The van der Waals surface area contributed by atoms with Gasteiger partial charge in [-0.25, -0.2) is 14.6 Å². The van der Waals surface area contributed by atoms with Crippen LogP contribution in [0, 0.1) is 5.41 Å². The predicted octanol–water partition coefficient (Wildman–Crippen LogP) is 3.33. The molecule has 1 aromatic heterocycles. The molecule has 2 aliphatic rings. The zero-order valence-corrected chi connectivity index (χ0v) is 20.4. The number of amides is 2. The Labute approximate surface area is 200 Å². The largest absolute Gasteiger partial charge is 0.472 e. The molecular weight excluding hydrogens is 438 g/mol. The van der Waals surface area contributed by atoms with Crippen molar-refractivity contribution in [2.75, 3.05) is 20.3 Å². The summed E-state index contributed by atoms with van der Waals surface area (Å²) in [7, 11) is 1.29. The zero-order chi connectivity index (χ0) is 24.7. The molecule has 3 atom stereocenters. The Morgan fingerprint density at radius 1 is 1.24 bits per heavy atom. The molecule has 0 aromatic carbocycles. The van der Waals surface area contributed by atoms with E-state index in [1.807, 2.05) is 39.0 Å². The highest BCUT2D eigenvalue weighted by atomic mass is 16.5. The van der Waals surface area contributed by atoms with E-state index in [0.29, 0.717) is 5.88 Å². The first-order valence-electron chi connectivity index (χ1n) is 11.8. The van der Waals surface area contributed by atoms with Gasteiger partial charge in [0.2, 0.25) is 11.8 Å². The number of hydrogen-bond acceptors (Lipinski definition) is 7. The molecular formula is C25H35N3O6. The summed E-state index contributed by atoms with van der Waals surface area (Å²) in [5.74, 6) is -0.452. The minimum atomic E-state index is -0.891. The number of ether oxygens (including phenoxy) is 3. The van der Waals surface area contributed by atoms with Gasteiger partial charge in [0.1, 0.15) is 18.2 Å². The molecule has 1 saturated heterocycles. The normalized spacial score (nSPS) is 25.6. The third kappa shape index (κ3) is 6.48. The molecule has 0 spiro atoms. The fourth-order valence-corrected chi connectivity index (χ4v) is 4.16. The van der Waals surface area contributed by atoms with E-state index in [2.05, 4.69) is 16.4 Å². The Morgan fingerprint density at radius 2 is 2.03 bits per heavy atom. The number of allylic oxidation sites excluding steroid dienone is 1. The van der Waals surface area contributed by atoms with Gasteiger partial charge < -0.3 is 24.4 Å². The molecule has 2 amide bonds. The molecule has 0 radical (unpaired) electrons. The average molecular weight is 474 g/mol. The van der Waals surface area contributed by atoms with Crippen LogP contribution in [0.4, 0.5) is 4.79 Å². The van der Waals surface area contributed by atoms with Crippen molar-refractivity contribution < 1.29 is 28.6 Å². The maximum atomic E-state index is 13.6. The first-order valence-corrected chi connectivity index (χ1v) is 11.8. The van der Waals surface area contributed by atoms with Crippen molar-refractivity contribution in [1.82, 2.24) is 15.2 Å². The highest BCUT2D eigenvalue weighted by Crippen LogP contribution is 2.29. The fourth-order valence-electron chi connectivity index (χ4n) is 4.16. The van der Waals surface area contributed by atoms with E-state index in [-0.39, 0.29) is 25.5 Å². The lowest BCUT2D eigenvalue weighted by atomic mass is 9.85. The molecule has 3 rings (SSSR count). The van der Waals surface area contributed by atoms with E-state index in [1.54, 1.807) is 6.20 Å². The van der Waals surface area contributed by atoms with Gasteiger partial charge in [-0.05, 0) is 43.2 Å². The number of nitrogens with one attached hydrogen (secondary N) is 1. The molecule has 2 bridgehead atoms. The number of alkyl carbamates (subject to hydrolysis) is 1. The standard InChI is InChI=1S/C25H35N3O6/c1-25(2,3)20-22(29)28-16-18(15-19(28)23(30)32-4)34-21-17(12-10-13-26-21)11-8-6-5-7-9-14-33-24(31)27-20/h8,10-13,18-20H,5-7,9,14-16H2,1-4H3,(H,27,31)/b11-8-/t18-,19+,20-/m1/s1. The number of aromatic nitrogens is 1. The summed E-state index contributed by atoms with van der Waals surface area (Å²) in [6, 6.07) is 2.05. The van der Waals surface area contributed by atoms with E-state index < -0.39 is 35.7 Å². The number of hydrogen-bond donors (Lipinski definition) is 1. The lowest BCUT2D eigenvalue weighted by Gasteiger charge is -2.34. The summed E-state index contributed by atoms with van der Waals surface area (Å²) in [6.45, 7) is 6.00. The summed E-state index contributed by atoms with van der Waals surface area (Å²) >= 11 is 0. The first kappa shape index (κ1) is 25.5. The molecule has 186 valence electrons. The Bertz CT molecular complexity index is 910. The quantitative estimate of drug-likeness (QED) is 0.624. The Kier molecular flexibility index (Phi) is 8.52. The number of pyridine rings is 1. The molecule has 1 fully saturated rings. The maximum Gasteiger partial charge on any atom is 0.407 e. The number of carbonyl (C=O) groups is 3. The SMILES string of the molecule is COC(=O)[C@@H]1C[C@@H]2CN1C(=O)[C@H](C(C)(C)C)NC(=O)OCCCCC/C=C\c1cccnc1O2. The summed E-state index contributed by atoms with van der Waals surface area (Å²) in [5.41, 5.74) is 0.223. The zero-order valence-electron chi connectivity index (χ0n) is 20.4. The van der Waals surface area contributed by atoms with Crippen LogP contribution in [0.2, 0.25) is 0 Å². The van der Waals surface area contributed by atoms with Crippen LogP contribution in [0.1, 0.15) is 58.4 Å². The molecule has 34 heavy (non-hydrogen) atoms. The molecule has 1 aromatic rings. The van der Waals surface area contributed by atoms with Gasteiger partial charge in [-0.2, -0.15) is 0 Å². The van der Waals surface area contributed by atoms with Crippen LogP contribution in [0.15, 0.2) is 24.4 Å². The Morgan fingerprint density at radius 3 is 2.76 bits per heavy atom. The Balaban J connectivity index is 1.92. The second-order valence-corrected chi connectivity index (χ2v) is 9.73. The molecule has 3 heterocycles. The van der Waals surface area contributed by atoms with Crippen LogP contribution >= 0.6 is 0 Å². The summed E-state index contributed by atoms with van der Waals surface area (Å²) < 4.78 is 16.5. The van der Waals surface area contributed by atoms with E-state index >= 15 is 0 Å². The van der Waals surface area contributed by atoms with Gasteiger partial charge >= 0.3 is 12.1 Å². The molecule has 2 aliphatic heterocycles. The van der Waals surface area contributed by atoms with E-state index in [9.17, 15) is 14.4 Å². The molecule has 0 saturated carbocycles. The van der Waals surface area contributed by atoms with Crippen molar-refractivity contribution in [2.45, 2.75) is 71.1 Å². The van der Waals surface area contributed by atoms with E-state index in [4.69, 9.17) is 14.2 Å². The van der Waals surface area contributed by atoms with E-state index in [1.165, 1.54) is 12.0 Å². The Hall–Kier alpha value is -3.10. The fraction of sp³-hybridized carbons (Fsp3) is 0.600. The lowest BCUT2D eigenvalue weighted by molar-refractivity contribution is -0.152. The van der Waals surface area contributed by atoms with Crippen molar-refractivity contribution in [3.05, 3.63) is 30.0 Å². The minimum absolute atomic E-state index is 0.168. The van der Waals surface area contributed by atoms with Crippen molar-refractivity contribution in [1.29, 1.82) is 0 Å². The number of methoxy groups -OCH3 is 1. The first-order chi connectivity index (χ1) is 16.2. The van der Waals surface area contributed by atoms with Gasteiger partial charge in [0.25, 0.3) is 0 Å². The highest BCUT2D eigenvalue weighted by Gasteiger charge is 2.46. The maximum absolute atomic E-state index is 13.6. The monoisotopic (exact) mass is 473 g/mol. The van der Waals surface area contributed by atoms with Crippen molar-refractivity contribution >= 4 is 24.0 Å². The predicted molar refractivity (Wildman–Crippen MR) is 126 cm³/mol. The highest BCUT2D eigenvalue weighted by molar-refractivity contribution is 5.91. The van der Waals surface area contributed by atoms with Crippen LogP contribution in [0.3, 0.4) is 0 Å². The second-order valence-electron chi connectivity index (χ2n) is 9.73. The van der Waals surface area contributed by atoms with Crippen LogP contribution in [0.25, 0.3) is 6.08 Å². The van der Waals surface area contributed by atoms with Crippen LogP contribution < -0.4 is 10.1 Å². The van der Waals surface area contributed by atoms with Crippen molar-refractivity contribution in [2.24, 2.45) is 5.41 Å². The number of nitrogens with zero attached hydrogens (tertiary/aromatic N) is 2. The molecule has 0 unspecified atom stereocenters.